The van der Waals surface area contributed by atoms with Crippen LogP contribution < -0.4 is 0 Å². The van der Waals surface area contributed by atoms with E-state index in [9.17, 15) is 12.8 Å². The Labute approximate surface area is 78.1 Å². The molecule has 13 heavy (non-hydrogen) atoms. The lowest BCUT2D eigenvalue weighted by Gasteiger charge is -2.24. The minimum absolute atomic E-state index is 0.0794. The van der Waals surface area contributed by atoms with Gasteiger partial charge in [0, 0.05) is 6.42 Å². The quantitative estimate of drug-likeness (QED) is 0.689. The van der Waals surface area contributed by atoms with Crippen molar-refractivity contribution in [3.8, 4) is 0 Å². The van der Waals surface area contributed by atoms with Gasteiger partial charge in [-0.25, -0.2) is 12.8 Å². The van der Waals surface area contributed by atoms with Crippen molar-refractivity contribution in [2.45, 2.75) is 30.5 Å². The van der Waals surface area contributed by atoms with Crippen molar-refractivity contribution in [2.75, 3.05) is 0 Å². The van der Waals surface area contributed by atoms with E-state index < -0.39 is 20.1 Å². The van der Waals surface area contributed by atoms with Crippen LogP contribution in [0.2, 0.25) is 0 Å². The Morgan fingerprint density at radius 1 is 1.38 bits per heavy atom. The van der Waals surface area contributed by atoms with Crippen molar-refractivity contribution in [2.24, 2.45) is 0 Å². The highest BCUT2D eigenvalue weighted by molar-refractivity contribution is 7.93. The zero-order valence-corrected chi connectivity index (χ0v) is 8.51. The summed E-state index contributed by atoms with van der Waals surface area (Å²) in [7, 11) is -3.70. The summed E-state index contributed by atoms with van der Waals surface area (Å²) in [5.74, 6) is 0. The molecule has 0 heterocycles. The Hall–Kier alpha value is -0.640. The van der Waals surface area contributed by atoms with Crippen LogP contribution in [-0.2, 0) is 9.84 Å². The molecule has 0 fully saturated rings. The molecule has 0 radical (unpaired) electrons. The number of halogens is 1. The van der Waals surface area contributed by atoms with Crippen LogP contribution >= 0.6 is 0 Å². The van der Waals surface area contributed by atoms with E-state index in [1.165, 1.54) is 26.0 Å². The maximum absolute atomic E-state index is 13.9. The second-order valence-electron chi connectivity index (χ2n) is 3.37. The summed E-state index contributed by atoms with van der Waals surface area (Å²) < 4.78 is 37.0. The van der Waals surface area contributed by atoms with E-state index in [0.717, 1.165) is 6.08 Å². The molecule has 0 aliphatic heterocycles. The van der Waals surface area contributed by atoms with Crippen molar-refractivity contribution in [3.63, 3.8) is 0 Å². The van der Waals surface area contributed by atoms with E-state index in [0.29, 0.717) is 0 Å². The van der Waals surface area contributed by atoms with Gasteiger partial charge >= 0.3 is 0 Å². The first-order chi connectivity index (χ1) is 5.90. The Kier molecular flexibility index (Phi) is 2.61. The Morgan fingerprint density at radius 2 is 2.00 bits per heavy atom. The lowest BCUT2D eigenvalue weighted by Crippen LogP contribution is -2.37. The van der Waals surface area contributed by atoms with E-state index in [2.05, 4.69) is 0 Å². The van der Waals surface area contributed by atoms with Crippen molar-refractivity contribution in [3.05, 3.63) is 24.3 Å². The summed E-state index contributed by atoms with van der Waals surface area (Å²) in [6.07, 6.45) is 5.64. The highest BCUT2D eigenvalue weighted by Gasteiger charge is 2.43. The number of alkyl halides is 1. The molecule has 74 valence electrons. The molecule has 1 aliphatic rings. The number of sulfone groups is 1. The maximum atomic E-state index is 13.9. The Bertz CT molecular complexity index is 341. The normalized spacial score (nSPS) is 28.3. The van der Waals surface area contributed by atoms with Gasteiger partial charge in [0.15, 0.2) is 9.84 Å². The molecule has 0 aromatic heterocycles. The largest absolute Gasteiger partial charge is 0.232 e. The van der Waals surface area contributed by atoms with E-state index >= 15 is 0 Å². The third-order valence-corrected chi connectivity index (χ3v) is 4.57. The first-order valence-corrected chi connectivity index (χ1v) is 5.71. The number of allylic oxidation sites excluding steroid dienone is 3. The fraction of sp³-hybridized carbons (Fsp3) is 0.556. The van der Waals surface area contributed by atoms with Crippen LogP contribution in [-0.4, -0.2) is 18.7 Å². The van der Waals surface area contributed by atoms with Gasteiger partial charge in [-0.3, -0.25) is 0 Å². The molecule has 1 aliphatic carbocycles. The highest BCUT2D eigenvalue weighted by atomic mass is 32.2. The van der Waals surface area contributed by atoms with Crippen molar-refractivity contribution >= 4 is 9.84 Å². The van der Waals surface area contributed by atoms with E-state index in [1.54, 1.807) is 6.08 Å². The molecule has 0 saturated heterocycles. The van der Waals surface area contributed by atoms with Crippen LogP contribution in [0.1, 0.15) is 20.3 Å². The molecule has 0 spiro atoms. The first kappa shape index (κ1) is 10.4. The molecule has 0 bridgehead atoms. The molecule has 1 unspecified atom stereocenters. The van der Waals surface area contributed by atoms with Crippen molar-refractivity contribution in [1.29, 1.82) is 0 Å². The average Bonchev–Trinajstić information content (AvgIpc) is 2.05. The molecular formula is C9H13FO2S. The van der Waals surface area contributed by atoms with Gasteiger partial charge in [-0.1, -0.05) is 18.2 Å². The number of rotatable bonds is 2. The predicted octanol–water partition coefficient (Wildman–Crippen LogP) is 1.99. The smallest absolute Gasteiger partial charge is 0.225 e. The van der Waals surface area contributed by atoms with Crippen LogP contribution in [0.5, 0.6) is 0 Å². The average molecular weight is 204 g/mol. The topological polar surface area (TPSA) is 34.1 Å². The van der Waals surface area contributed by atoms with E-state index in [4.69, 9.17) is 0 Å². The van der Waals surface area contributed by atoms with Crippen LogP contribution in [0, 0.1) is 0 Å². The predicted molar refractivity (Wildman–Crippen MR) is 50.8 cm³/mol. The lowest BCUT2D eigenvalue weighted by atomic mass is 10.1. The molecule has 0 aromatic carbocycles. The molecule has 1 atom stereocenters. The van der Waals surface area contributed by atoms with Gasteiger partial charge in [0.1, 0.15) is 0 Å². The van der Waals surface area contributed by atoms with Gasteiger partial charge in [-0.05, 0) is 19.9 Å². The zero-order valence-electron chi connectivity index (χ0n) is 7.70. The Morgan fingerprint density at radius 3 is 2.38 bits per heavy atom. The summed E-state index contributed by atoms with van der Waals surface area (Å²) in [4.78, 5) is 0. The summed E-state index contributed by atoms with van der Waals surface area (Å²) in [5, 5.41) is -2.88. The van der Waals surface area contributed by atoms with Crippen LogP contribution in [0.4, 0.5) is 4.39 Å². The van der Waals surface area contributed by atoms with E-state index in [1.807, 2.05) is 0 Å². The molecule has 0 amide bonds. The molecule has 1 rings (SSSR count). The van der Waals surface area contributed by atoms with Crippen molar-refractivity contribution in [1.82, 2.24) is 0 Å². The SMILES string of the molecule is CC(C)S(=O)(=O)C1(F)C=CC=CC1. The van der Waals surface area contributed by atoms with Crippen LogP contribution in [0.25, 0.3) is 0 Å². The van der Waals surface area contributed by atoms with Gasteiger partial charge in [-0.15, -0.1) is 0 Å². The molecule has 2 nitrogen and oxygen atoms in total. The summed E-state index contributed by atoms with van der Waals surface area (Å²) >= 11 is 0. The molecule has 0 N–H and O–H groups in total. The minimum atomic E-state index is -3.70. The highest BCUT2D eigenvalue weighted by Crippen LogP contribution is 2.31. The van der Waals surface area contributed by atoms with Gasteiger partial charge in [0.2, 0.25) is 5.00 Å². The molecule has 0 saturated carbocycles. The summed E-state index contributed by atoms with van der Waals surface area (Å²) in [6, 6.07) is 0. The van der Waals surface area contributed by atoms with Crippen molar-refractivity contribution < 1.29 is 12.8 Å². The van der Waals surface area contributed by atoms with Gasteiger partial charge in [0.05, 0.1) is 5.25 Å². The monoisotopic (exact) mass is 204 g/mol. The minimum Gasteiger partial charge on any atom is -0.225 e. The molecular weight excluding hydrogens is 191 g/mol. The zero-order chi connectivity index (χ0) is 10.1. The van der Waals surface area contributed by atoms with Gasteiger partial charge < -0.3 is 0 Å². The second kappa shape index (κ2) is 3.25. The maximum Gasteiger partial charge on any atom is 0.232 e. The van der Waals surface area contributed by atoms with Crippen LogP contribution in [0.15, 0.2) is 24.3 Å². The first-order valence-electron chi connectivity index (χ1n) is 4.17. The summed E-state index contributed by atoms with van der Waals surface area (Å²) in [6.45, 7) is 2.98. The fourth-order valence-corrected chi connectivity index (χ4v) is 2.56. The van der Waals surface area contributed by atoms with Gasteiger partial charge in [0.25, 0.3) is 0 Å². The third-order valence-electron chi connectivity index (χ3n) is 2.08. The molecule has 4 heteroatoms. The lowest BCUT2D eigenvalue weighted by molar-refractivity contribution is 0.328. The van der Waals surface area contributed by atoms with Crippen LogP contribution in [0.3, 0.4) is 0 Å². The molecule has 0 aromatic rings. The fourth-order valence-electron chi connectivity index (χ4n) is 1.18. The number of hydrogen-bond donors (Lipinski definition) is 0. The van der Waals surface area contributed by atoms with E-state index in [-0.39, 0.29) is 6.42 Å². The number of hydrogen-bond acceptors (Lipinski definition) is 2. The Balaban J connectivity index is 3.07. The third kappa shape index (κ3) is 1.68. The summed E-state index contributed by atoms with van der Waals surface area (Å²) in [5.41, 5.74) is 0. The standard InChI is InChI=1S/C9H13FO2S/c1-8(2)13(11,12)9(10)6-4-3-5-7-9/h3-6,8H,7H2,1-2H3. The second-order valence-corrected chi connectivity index (χ2v) is 6.08. The van der Waals surface area contributed by atoms with Gasteiger partial charge in [-0.2, -0.15) is 0 Å².